The molecular weight excluding hydrogens is 270 g/mol. The average molecular weight is 293 g/mol. The zero-order valence-corrected chi connectivity index (χ0v) is 12.7. The zero-order chi connectivity index (χ0) is 15.3. The molecule has 1 N–H and O–H groups in total. The first-order valence-electron chi connectivity index (χ1n) is 7.37. The zero-order valence-electron chi connectivity index (χ0n) is 12.7. The highest BCUT2D eigenvalue weighted by atomic mass is 16.5. The number of hydrogen-bond donors (Lipinski definition) is 1. The van der Waals surface area contributed by atoms with E-state index in [1.807, 2.05) is 11.8 Å². The Morgan fingerprint density at radius 2 is 2.00 bits per heavy atom. The molecule has 1 saturated heterocycles. The van der Waals surface area contributed by atoms with Crippen molar-refractivity contribution in [3.8, 4) is 11.5 Å². The molecule has 0 aromatic heterocycles. The number of ether oxygens (including phenoxy) is 2. The van der Waals surface area contributed by atoms with Crippen molar-refractivity contribution in [1.29, 1.82) is 0 Å². The van der Waals surface area contributed by atoms with Gasteiger partial charge in [-0.3, -0.25) is 9.69 Å². The molecule has 1 aromatic carbocycles. The van der Waals surface area contributed by atoms with E-state index in [1.165, 1.54) is 0 Å². The summed E-state index contributed by atoms with van der Waals surface area (Å²) in [6, 6.07) is 6.99. The smallest absolute Gasteiger partial charge is 0.325 e. The molecule has 1 aliphatic rings. The highest BCUT2D eigenvalue weighted by molar-refractivity contribution is 5.74. The summed E-state index contributed by atoms with van der Waals surface area (Å²) in [5, 5.41) is 10.0. The SMILES string of the molecule is CCOc1ccc(OC(=O)CN2CCCC(C)(O)C2)cc1. The molecule has 1 aromatic rings. The number of carbonyl (C=O) groups is 1. The van der Waals surface area contributed by atoms with Gasteiger partial charge in [0.05, 0.1) is 18.8 Å². The number of β-amino-alcohol motifs (C(OH)–C–C–N with tert-alkyl or cyclic N) is 1. The van der Waals surface area contributed by atoms with E-state index in [2.05, 4.69) is 0 Å². The maximum Gasteiger partial charge on any atom is 0.325 e. The summed E-state index contributed by atoms with van der Waals surface area (Å²) >= 11 is 0. The summed E-state index contributed by atoms with van der Waals surface area (Å²) in [6.07, 6.45) is 1.67. The monoisotopic (exact) mass is 293 g/mol. The summed E-state index contributed by atoms with van der Waals surface area (Å²) in [7, 11) is 0. The third-order valence-electron chi connectivity index (χ3n) is 3.47. The van der Waals surface area contributed by atoms with E-state index in [1.54, 1.807) is 31.2 Å². The number of benzene rings is 1. The highest BCUT2D eigenvalue weighted by Crippen LogP contribution is 2.21. The van der Waals surface area contributed by atoms with Crippen LogP contribution in [0.4, 0.5) is 0 Å². The van der Waals surface area contributed by atoms with E-state index in [0.717, 1.165) is 25.1 Å². The maximum absolute atomic E-state index is 11.9. The molecule has 0 bridgehead atoms. The van der Waals surface area contributed by atoms with Crippen molar-refractivity contribution in [2.45, 2.75) is 32.3 Å². The van der Waals surface area contributed by atoms with Gasteiger partial charge < -0.3 is 14.6 Å². The largest absolute Gasteiger partial charge is 0.494 e. The van der Waals surface area contributed by atoms with Crippen LogP contribution in [0.15, 0.2) is 24.3 Å². The van der Waals surface area contributed by atoms with Crippen molar-refractivity contribution < 1.29 is 19.4 Å². The fourth-order valence-corrected chi connectivity index (χ4v) is 2.58. The second kappa shape index (κ2) is 6.91. The Hall–Kier alpha value is -1.59. The Bertz CT molecular complexity index is 470. The van der Waals surface area contributed by atoms with E-state index in [0.29, 0.717) is 18.9 Å². The van der Waals surface area contributed by atoms with Crippen molar-refractivity contribution >= 4 is 5.97 Å². The number of esters is 1. The molecule has 21 heavy (non-hydrogen) atoms. The number of piperidine rings is 1. The van der Waals surface area contributed by atoms with Crippen LogP contribution in [0, 0.1) is 0 Å². The lowest BCUT2D eigenvalue weighted by molar-refractivity contribution is -0.137. The molecule has 5 heteroatoms. The Kier molecular flexibility index (Phi) is 5.20. The van der Waals surface area contributed by atoms with Crippen molar-refractivity contribution in [2.24, 2.45) is 0 Å². The number of hydrogen-bond acceptors (Lipinski definition) is 5. The second-order valence-corrected chi connectivity index (χ2v) is 5.69. The van der Waals surface area contributed by atoms with Gasteiger partial charge in [-0.2, -0.15) is 0 Å². The number of nitrogens with zero attached hydrogens (tertiary/aromatic N) is 1. The summed E-state index contributed by atoms with van der Waals surface area (Å²) in [5.74, 6) is 0.952. The van der Waals surface area contributed by atoms with Crippen LogP contribution in [0.2, 0.25) is 0 Å². The number of aliphatic hydroxyl groups is 1. The van der Waals surface area contributed by atoms with E-state index >= 15 is 0 Å². The summed E-state index contributed by atoms with van der Waals surface area (Å²) in [4.78, 5) is 13.9. The van der Waals surface area contributed by atoms with Crippen LogP contribution < -0.4 is 9.47 Å². The minimum atomic E-state index is -0.711. The molecule has 1 heterocycles. The van der Waals surface area contributed by atoms with Crippen LogP contribution in [-0.2, 0) is 4.79 Å². The Balaban J connectivity index is 1.84. The minimum Gasteiger partial charge on any atom is -0.494 e. The van der Waals surface area contributed by atoms with Crippen molar-refractivity contribution in [1.82, 2.24) is 4.90 Å². The van der Waals surface area contributed by atoms with E-state index in [-0.39, 0.29) is 12.5 Å². The van der Waals surface area contributed by atoms with Gasteiger partial charge in [0, 0.05) is 6.54 Å². The van der Waals surface area contributed by atoms with Gasteiger partial charge in [0.15, 0.2) is 0 Å². The standard InChI is InChI=1S/C16H23NO4/c1-3-20-13-5-7-14(8-6-13)21-15(18)11-17-10-4-9-16(2,19)12-17/h5-8,19H,3-4,9-12H2,1-2H3. The Labute approximate surface area is 125 Å². The average Bonchev–Trinajstić information content (AvgIpc) is 2.40. The minimum absolute atomic E-state index is 0.198. The quantitative estimate of drug-likeness (QED) is 0.663. The topological polar surface area (TPSA) is 59.0 Å². The predicted octanol–water partition coefficient (Wildman–Crippen LogP) is 1.84. The molecular formula is C16H23NO4. The predicted molar refractivity (Wildman–Crippen MR) is 79.5 cm³/mol. The third kappa shape index (κ3) is 5.02. The van der Waals surface area contributed by atoms with Gasteiger partial charge in [-0.1, -0.05) is 0 Å². The van der Waals surface area contributed by atoms with E-state index in [9.17, 15) is 9.90 Å². The number of likely N-dealkylation sites (tertiary alicyclic amines) is 1. The Morgan fingerprint density at radius 3 is 2.62 bits per heavy atom. The lowest BCUT2D eigenvalue weighted by Crippen LogP contribution is -2.48. The van der Waals surface area contributed by atoms with Crippen LogP contribution in [0.3, 0.4) is 0 Å². The van der Waals surface area contributed by atoms with Crippen LogP contribution in [0.5, 0.6) is 11.5 Å². The fraction of sp³-hybridized carbons (Fsp3) is 0.562. The molecule has 116 valence electrons. The maximum atomic E-state index is 11.9. The number of carbonyl (C=O) groups excluding carboxylic acids is 1. The molecule has 1 atom stereocenters. The molecule has 1 fully saturated rings. The first-order chi connectivity index (χ1) is 9.98. The van der Waals surface area contributed by atoms with Gasteiger partial charge in [0.1, 0.15) is 11.5 Å². The van der Waals surface area contributed by atoms with Gasteiger partial charge >= 0.3 is 5.97 Å². The summed E-state index contributed by atoms with van der Waals surface area (Å²) in [5.41, 5.74) is -0.711. The normalized spacial score (nSPS) is 22.8. The first-order valence-corrected chi connectivity index (χ1v) is 7.37. The molecule has 0 saturated carbocycles. The van der Waals surface area contributed by atoms with Crippen molar-refractivity contribution in [2.75, 3.05) is 26.2 Å². The lowest BCUT2D eigenvalue weighted by Gasteiger charge is -2.36. The number of rotatable bonds is 5. The highest BCUT2D eigenvalue weighted by Gasteiger charge is 2.29. The van der Waals surface area contributed by atoms with Crippen LogP contribution in [-0.4, -0.2) is 47.8 Å². The van der Waals surface area contributed by atoms with Gasteiger partial charge in [-0.05, 0) is 57.5 Å². The molecule has 0 radical (unpaired) electrons. The van der Waals surface area contributed by atoms with Crippen molar-refractivity contribution in [3.63, 3.8) is 0 Å². The third-order valence-corrected chi connectivity index (χ3v) is 3.47. The first kappa shape index (κ1) is 15.8. The van der Waals surface area contributed by atoms with Gasteiger partial charge in [0.25, 0.3) is 0 Å². The molecule has 5 nitrogen and oxygen atoms in total. The molecule has 1 unspecified atom stereocenters. The van der Waals surface area contributed by atoms with Crippen LogP contribution in [0.1, 0.15) is 26.7 Å². The van der Waals surface area contributed by atoms with Gasteiger partial charge in [0.2, 0.25) is 0 Å². The molecule has 2 rings (SSSR count). The van der Waals surface area contributed by atoms with Gasteiger partial charge in [-0.15, -0.1) is 0 Å². The lowest BCUT2D eigenvalue weighted by atomic mass is 9.95. The molecule has 0 spiro atoms. The Morgan fingerprint density at radius 1 is 1.33 bits per heavy atom. The fourth-order valence-electron chi connectivity index (χ4n) is 2.58. The van der Waals surface area contributed by atoms with Crippen LogP contribution in [0.25, 0.3) is 0 Å². The molecule has 0 amide bonds. The molecule has 1 aliphatic heterocycles. The van der Waals surface area contributed by atoms with E-state index < -0.39 is 5.60 Å². The van der Waals surface area contributed by atoms with E-state index in [4.69, 9.17) is 9.47 Å². The summed E-state index contributed by atoms with van der Waals surface area (Å²) < 4.78 is 10.6. The second-order valence-electron chi connectivity index (χ2n) is 5.69. The summed E-state index contributed by atoms with van der Waals surface area (Å²) in [6.45, 7) is 5.84. The van der Waals surface area contributed by atoms with Crippen molar-refractivity contribution in [3.05, 3.63) is 24.3 Å². The van der Waals surface area contributed by atoms with Crippen LogP contribution >= 0.6 is 0 Å². The molecule has 0 aliphatic carbocycles. The van der Waals surface area contributed by atoms with Gasteiger partial charge in [-0.25, -0.2) is 0 Å².